The Morgan fingerprint density at radius 1 is 0.957 bits per heavy atom. The van der Waals surface area contributed by atoms with Gasteiger partial charge in [-0.15, -0.1) is 0 Å². The Morgan fingerprint density at radius 2 is 1.70 bits per heavy atom. The zero-order valence-corrected chi connectivity index (χ0v) is 13.4. The van der Waals surface area contributed by atoms with E-state index < -0.39 is 11.8 Å². The quantitative estimate of drug-likeness (QED) is 0.520. The fourth-order valence-electron chi connectivity index (χ4n) is 2.08. The Balaban J connectivity index is 1.95. The molecule has 0 aliphatic carbocycles. The Morgan fingerprint density at radius 3 is 2.39 bits per heavy atom. The van der Waals surface area contributed by atoms with Crippen LogP contribution in [0.1, 0.15) is 22.3 Å². The van der Waals surface area contributed by atoms with Crippen molar-refractivity contribution in [3.8, 4) is 0 Å². The van der Waals surface area contributed by atoms with Crippen LogP contribution in [0.5, 0.6) is 0 Å². The number of aryl methyl sites for hydroxylation is 3. The third-order valence-corrected chi connectivity index (χ3v) is 3.39. The van der Waals surface area contributed by atoms with Gasteiger partial charge in [-0.2, -0.15) is 5.10 Å². The van der Waals surface area contributed by atoms with Crippen molar-refractivity contribution in [2.75, 3.05) is 5.32 Å². The monoisotopic (exact) mass is 309 g/mol. The predicted octanol–water partition coefficient (Wildman–Crippen LogP) is 2.70. The number of hydrazone groups is 1. The van der Waals surface area contributed by atoms with E-state index in [1.54, 1.807) is 6.07 Å². The molecule has 2 aromatic carbocycles. The van der Waals surface area contributed by atoms with E-state index in [1.165, 1.54) is 6.21 Å². The topological polar surface area (TPSA) is 70.6 Å². The predicted molar refractivity (Wildman–Crippen MR) is 91.5 cm³/mol. The highest BCUT2D eigenvalue weighted by atomic mass is 16.2. The van der Waals surface area contributed by atoms with Crippen molar-refractivity contribution in [3.05, 3.63) is 64.7 Å². The average Bonchev–Trinajstić information content (AvgIpc) is 2.51. The minimum Gasteiger partial charge on any atom is -0.317 e. The number of rotatable bonds is 3. The zero-order valence-electron chi connectivity index (χ0n) is 13.4. The molecule has 5 heteroatoms. The van der Waals surface area contributed by atoms with E-state index in [4.69, 9.17) is 0 Å². The van der Waals surface area contributed by atoms with Crippen LogP contribution in [0.2, 0.25) is 0 Å². The minimum atomic E-state index is -0.810. The summed E-state index contributed by atoms with van der Waals surface area (Å²) in [5, 5.41) is 6.39. The second-order valence-electron chi connectivity index (χ2n) is 5.33. The lowest BCUT2D eigenvalue weighted by atomic mass is 10.1. The molecule has 0 fully saturated rings. The summed E-state index contributed by atoms with van der Waals surface area (Å²) < 4.78 is 0. The number of nitrogens with zero attached hydrogens (tertiary/aromatic N) is 1. The molecule has 0 heterocycles. The first-order valence-electron chi connectivity index (χ1n) is 7.24. The summed E-state index contributed by atoms with van der Waals surface area (Å²) in [4.78, 5) is 23.6. The molecule has 2 rings (SSSR count). The summed E-state index contributed by atoms with van der Waals surface area (Å²) in [6.07, 6.45) is 1.51. The third-order valence-electron chi connectivity index (χ3n) is 3.39. The molecule has 0 bridgehead atoms. The maximum absolute atomic E-state index is 11.9. The minimum absolute atomic E-state index is 0.610. The smallest absolute Gasteiger partial charge is 0.317 e. The fourth-order valence-corrected chi connectivity index (χ4v) is 2.08. The molecule has 0 atom stereocenters. The first-order valence-corrected chi connectivity index (χ1v) is 7.24. The van der Waals surface area contributed by atoms with Crippen LogP contribution in [0.25, 0.3) is 0 Å². The molecule has 0 unspecified atom stereocenters. The number of carbonyl (C=O) groups excluding carboxylic acids is 2. The van der Waals surface area contributed by atoms with Crippen LogP contribution in [0.15, 0.2) is 47.6 Å². The van der Waals surface area contributed by atoms with Gasteiger partial charge in [-0.1, -0.05) is 42.0 Å². The van der Waals surface area contributed by atoms with Crippen LogP contribution in [0.3, 0.4) is 0 Å². The molecule has 0 aliphatic rings. The SMILES string of the molecule is Cc1ccc(NC(=O)C(=O)NN=Cc2ccccc2C)c(C)c1. The van der Waals surface area contributed by atoms with Gasteiger partial charge in [-0.05, 0) is 43.5 Å². The molecule has 0 aromatic heterocycles. The number of carbonyl (C=O) groups is 2. The molecule has 118 valence electrons. The van der Waals surface area contributed by atoms with Gasteiger partial charge in [0, 0.05) is 5.69 Å². The number of hydrogen-bond acceptors (Lipinski definition) is 3. The fraction of sp³-hybridized carbons (Fsp3) is 0.167. The van der Waals surface area contributed by atoms with Crippen molar-refractivity contribution < 1.29 is 9.59 Å². The maximum atomic E-state index is 11.9. The maximum Gasteiger partial charge on any atom is 0.329 e. The molecule has 23 heavy (non-hydrogen) atoms. The van der Waals surface area contributed by atoms with Crippen LogP contribution in [-0.4, -0.2) is 18.0 Å². The summed E-state index contributed by atoms with van der Waals surface area (Å²) >= 11 is 0. The normalized spacial score (nSPS) is 10.6. The van der Waals surface area contributed by atoms with Crippen LogP contribution >= 0.6 is 0 Å². The van der Waals surface area contributed by atoms with Gasteiger partial charge in [0.25, 0.3) is 0 Å². The molecule has 0 spiro atoms. The van der Waals surface area contributed by atoms with Gasteiger partial charge in [0.1, 0.15) is 0 Å². The Kier molecular flexibility index (Phi) is 5.25. The molecule has 5 nitrogen and oxygen atoms in total. The summed E-state index contributed by atoms with van der Waals surface area (Å²) in [5.41, 5.74) is 6.74. The van der Waals surface area contributed by atoms with Gasteiger partial charge < -0.3 is 5.32 Å². The number of nitrogens with one attached hydrogen (secondary N) is 2. The summed E-state index contributed by atoms with van der Waals surface area (Å²) in [5.74, 6) is -1.56. The van der Waals surface area contributed by atoms with Gasteiger partial charge in [0.05, 0.1) is 6.21 Å². The zero-order chi connectivity index (χ0) is 16.8. The van der Waals surface area contributed by atoms with Crippen molar-refractivity contribution in [1.29, 1.82) is 0 Å². The van der Waals surface area contributed by atoms with Crippen molar-refractivity contribution in [2.45, 2.75) is 20.8 Å². The van der Waals surface area contributed by atoms with E-state index in [0.29, 0.717) is 5.69 Å². The summed E-state index contributed by atoms with van der Waals surface area (Å²) in [7, 11) is 0. The molecule has 0 saturated heterocycles. The van der Waals surface area contributed by atoms with E-state index >= 15 is 0 Å². The highest BCUT2D eigenvalue weighted by molar-refractivity contribution is 6.39. The number of anilines is 1. The molecular formula is C18H19N3O2. The van der Waals surface area contributed by atoms with Crippen LogP contribution < -0.4 is 10.7 Å². The van der Waals surface area contributed by atoms with Crippen molar-refractivity contribution in [2.24, 2.45) is 5.10 Å². The van der Waals surface area contributed by atoms with E-state index in [9.17, 15) is 9.59 Å². The van der Waals surface area contributed by atoms with Crippen LogP contribution in [0, 0.1) is 20.8 Å². The van der Waals surface area contributed by atoms with Crippen molar-refractivity contribution in [1.82, 2.24) is 5.43 Å². The van der Waals surface area contributed by atoms with Crippen LogP contribution in [-0.2, 0) is 9.59 Å². The number of hydrogen-bond donors (Lipinski definition) is 2. The Bertz CT molecular complexity index is 767. The summed E-state index contributed by atoms with van der Waals surface area (Å²) in [6.45, 7) is 5.78. The van der Waals surface area contributed by atoms with Crippen molar-refractivity contribution >= 4 is 23.7 Å². The van der Waals surface area contributed by atoms with E-state index in [1.807, 2.05) is 57.2 Å². The lowest BCUT2D eigenvalue weighted by Gasteiger charge is -2.08. The molecule has 0 saturated carbocycles. The van der Waals surface area contributed by atoms with Gasteiger partial charge in [-0.25, -0.2) is 5.43 Å². The largest absolute Gasteiger partial charge is 0.329 e. The standard InChI is InChI=1S/C18H19N3O2/c1-12-8-9-16(14(3)10-12)20-17(22)18(23)21-19-11-15-7-5-4-6-13(15)2/h4-11H,1-3H3,(H,20,22)(H,21,23). The second kappa shape index (κ2) is 7.35. The summed E-state index contributed by atoms with van der Waals surface area (Å²) in [6, 6.07) is 13.2. The lowest BCUT2D eigenvalue weighted by Crippen LogP contribution is -2.32. The Hall–Kier alpha value is -2.95. The lowest BCUT2D eigenvalue weighted by molar-refractivity contribution is -0.136. The highest BCUT2D eigenvalue weighted by Crippen LogP contribution is 2.15. The van der Waals surface area contributed by atoms with Gasteiger partial charge in [0.2, 0.25) is 0 Å². The molecule has 0 aliphatic heterocycles. The van der Waals surface area contributed by atoms with Crippen LogP contribution in [0.4, 0.5) is 5.69 Å². The molecule has 2 aromatic rings. The average molecular weight is 309 g/mol. The van der Waals surface area contributed by atoms with E-state index in [-0.39, 0.29) is 0 Å². The first kappa shape index (κ1) is 16.4. The van der Waals surface area contributed by atoms with Gasteiger partial charge in [-0.3, -0.25) is 9.59 Å². The number of benzene rings is 2. The number of amides is 2. The molecule has 2 amide bonds. The first-order chi connectivity index (χ1) is 11.0. The third kappa shape index (κ3) is 4.51. The van der Waals surface area contributed by atoms with Crippen molar-refractivity contribution in [3.63, 3.8) is 0 Å². The molecular weight excluding hydrogens is 290 g/mol. The van der Waals surface area contributed by atoms with E-state index in [0.717, 1.165) is 22.3 Å². The molecule has 2 N–H and O–H groups in total. The second-order valence-corrected chi connectivity index (χ2v) is 5.33. The van der Waals surface area contributed by atoms with E-state index in [2.05, 4.69) is 15.8 Å². The highest BCUT2D eigenvalue weighted by Gasteiger charge is 2.13. The Labute approximate surface area is 135 Å². The van der Waals surface area contributed by atoms with Gasteiger partial charge >= 0.3 is 11.8 Å². The molecule has 0 radical (unpaired) electrons. The van der Waals surface area contributed by atoms with Gasteiger partial charge in [0.15, 0.2) is 0 Å².